The summed E-state index contributed by atoms with van der Waals surface area (Å²) in [5.74, 6) is 0.491. The van der Waals surface area contributed by atoms with Crippen LogP contribution in [0.25, 0.3) is 0 Å². The second-order valence-corrected chi connectivity index (χ2v) is 12.7. The molecule has 0 saturated heterocycles. The Morgan fingerprint density at radius 2 is 1.76 bits per heavy atom. The van der Waals surface area contributed by atoms with Crippen LogP contribution in [0, 0.1) is 17.8 Å². The molecule has 4 unspecified atom stereocenters. The van der Waals surface area contributed by atoms with Crippen molar-refractivity contribution in [3.8, 4) is 0 Å². The molecular weight excluding hydrogens is 280 g/mol. The minimum absolute atomic E-state index is 0.00805. The van der Waals surface area contributed by atoms with Crippen LogP contribution >= 0.6 is 0 Å². The van der Waals surface area contributed by atoms with E-state index in [0.29, 0.717) is 18.4 Å². The Balaban J connectivity index is 2.23. The number of carbonyl (C=O) groups is 1. The van der Waals surface area contributed by atoms with Gasteiger partial charge in [0.05, 0.1) is 18.6 Å². The van der Waals surface area contributed by atoms with Crippen molar-refractivity contribution in [2.75, 3.05) is 6.61 Å². The van der Waals surface area contributed by atoms with Crippen molar-refractivity contribution in [3.63, 3.8) is 0 Å². The SMILES string of the molecule is CCOC(=O)C1C2C=CC(CC2)C1O[Si](C)(C)C(C)(C)C. The van der Waals surface area contributed by atoms with Gasteiger partial charge in [0.25, 0.3) is 0 Å². The molecule has 4 heteroatoms. The number of allylic oxidation sites excluding steroid dienone is 1. The van der Waals surface area contributed by atoms with E-state index in [1.807, 2.05) is 6.92 Å². The minimum Gasteiger partial charge on any atom is -0.466 e. The summed E-state index contributed by atoms with van der Waals surface area (Å²) in [6, 6.07) is 0. The Hall–Kier alpha value is -0.613. The fraction of sp³-hybridized carbons (Fsp3) is 0.824. The number of esters is 1. The molecule has 0 aromatic heterocycles. The molecule has 0 aromatic rings. The molecule has 4 atom stereocenters. The highest BCUT2D eigenvalue weighted by Crippen LogP contribution is 2.46. The summed E-state index contributed by atoms with van der Waals surface area (Å²) >= 11 is 0. The Kier molecular flexibility index (Phi) is 4.69. The maximum atomic E-state index is 12.4. The molecule has 1 saturated carbocycles. The first-order valence-electron chi connectivity index (χ1n) is 8.20. The van der Waals surface area contributed by atoms with Gasteiger partial charge in [-0.1, -0.05) is 32.9 Å². The predicted octanol–water partition coefficient (Wildman–Crippen LogP) is 4.15. The van der Waals surface area contributed by atoms with Gasteiger partial charge in [0, 0.05) is 5.92 Å². The standard InChI is InChI=1S/C17H30O3Si/c1-7-19-16(18)14-12-8-10-13(11-9-12)15(14)20-21(5,6)17(2,3)4/h8,10,12-15H,7,9,11H2,1-6H3. The lowest BCUT2D eigenvalue weighted by Gasteiger charge is -2.48. The second kappa shape index (κ2) is 5.88. The van der Waals surface area contributed by atoms with Crippen LogP contribution in [0.1, 0.15) is 40.5 Å². The van der Waals surface area contributed by atoms with E-state index in [1.54, 1.807) is 0 Å². The van der Waals surface area contributed by atoms with Crippen LogP contribution in [0.4, 0.5) is 0 Å². The molecule has 0 aromatic carbocycles. The van der Waals surface area contributed by atoms with Crippen LogP contribution in [-0.2, 0) is 14.0 Å². The lowest BCUT2D eigenvalue weighted by molar-refractivity contribution is -0.157. The van der Waals surface area contributed by atoms with Crippen LogP contribution in [-0.4, -0.2) is 27.0 Å². The number of carbonyl (C=O) groups excluding carboxylic acids is 1. The van der Waals surface area contributed by atoms with Gasteiger partial charge in [-0.3, -0.25) is 4.79 Å². The van der Waals surface area contributed by atoms with Gasteiger partial charge in [0.2, 0.25) is 0 Å². The summed E-state index contributed by atoms with van der Waals surface area (Å²) in [7, 11) is -1.88. The zero-order chi connectivity index (χ0) is 15.8. The molecular formula is C17H30O3Si. The molecule has 3 aliphatic carbocycles. The first-order valence-corrected chi connectivity index (χ1v) is 11.1. The first-order chi connectivity index (χ1) is 9.67. The van der Waals surface area contributed by atoms with Crippen molar-refractivity contribution in [3.05, 3.63) is 12.2 Å². The molecule has 0 heterocycles. The summed E-state index contributed by atoms with van der Waals surface area (Å²) in [4.78, 5) is 12.4. The summed E-state index contributed by atoms with van der Waals surface area (Å²) < 4.78 is 12.0. The van der Waals surface area contributed by atoms with E-state index in [2.05, 4.69) is 46.0 Å². The molecule has 21 heavy (non-hydrogen) atoms. The smallest absolute Gasteiger partial charge is 0.312 e. The molecule has 3 aliphatic rings. The molecule has 0 radical (unpaired) electrons. The van der Waals surface area contributed by atoms with Gasteiger partial charge in [-0.25, -0.2) is 0 Å². The van der Waals surface area contributed by atoms with E-state index in [0.717, 1.165) is 12.8 Å². The van der Waals surface area contributed by atoms with Gasteiger partial charge in [-0.2, -0.15) is 0 Å². The number of hydrogen-bond donors (Lipinski definition) is 0. The Bertz CT molecular complexity index is 422. The monoisotopic (exact) mass is 310 g/mol. The molecule has 0 amide bonds. The van der Waals surface area contributed by atoms with Crippen molar-refractivity contribution in [2.24, 2.45) is 17.8 Å². The van der Waals surface area contributed by atoms with E-state index in [1.165, 1.54) is 0 Å². The molecule has 0 aliphatic heterocycles. The lowest BCUT2D eigenvalue weighted by atomic mass is 9.67. The molecule has 1 fully saturated rings. The third kappa shape index (κ3) is 3.26. The Morgan fingerprint density at radius 3 is 2.24 bits per heavy atom. The van der Waals surface area contributed by atoms with Crippen molar-refractivity contribution in [2.45, 2.75) is 64.8 Å². The third-order valence-corrected chi connectivity index (χ3v) is 9.95. The zero-order valence-corrected chi connectivity index (χ0v) is 15.3. The van der Waals surface area contributed by atoms with Crippen LogP contribution in [0.2, 0.25) is 18.1 Å². The molecule has 0 N–H and O–H groups in total. The third-order valence-electron chi connectivity index (χ3n) is 5.47. The quantitative estimate of drug-likeness (QED) is 0.444. The normalized spacial score (nSPS) is 32.3. The fourth-order valence-electron chi connectivity index (χ4n) is 3.17. The van der Waals surface area contributed by atoms with Crippen LogP contribution in [0.3, 0.4) is 0 Å². The number of rotatable bonds is 4. The maximum Gasteiger partial charge on any atom is 0.312 e. The maximum absolute atomic E-state index is 12.4. The highest BCUT2D eigenvalue weighted by atomic mass is 28.4. The summed E-state index contributed by atoms with van der Waals surface area (Å²) in [5.41, 5.74) is 0. The minimum atomic E-state index is -1.88. The van der Waals surface area contributed by atoms with Crippen LogP contribution < -0.4 is 0 Å². The second-order valence-electron chi connectivity index (χ2n) is 7.91. The van der Waals surface area contributed by atoms with E-state index < -0.39 is 8.32 Å². The summed E-state index contributed by atoms with van der Waals surface area (Å²) in [6.07, 6.45) is 6.70. The number of hydrogen-bond acceptors (Lipinski definition) is 3. The number of fused-ring (bicyclic) bond motifs is 2. The average molecular weight is 311 g/mol. The largest absolute Gasteiger partial charge is 0.466 e. The summed E-state index contributed by atoms with van der Waals surface area (Å²) in [6.45, 7) is 13.6. The highest BCUT2D eigenvalue weighted by molar-refractivity contribution is 6.74. The van der Waals surface area contributed by atoms with Crippen LogP contribution in [0.15, 0.2) is 12.2 Å². The van der Waals surface area contributed by atoms with Crippen molar-refractivity contribution < 1.29 is 14.0 Å². The van der Waals surface area contributed by atoms with Gasteiger partial charge in [0.15, 0.2) is 8.32 Å². The zero-order valence-electron chi connectivity index (χ0n) is 14.3. The van der Waals surface area contributed by atoms with E-state index in [4.69, 9.17) is 9.16 Å². The van der Waals surface area contributed by atoms with E-state index >= 15 is 0 Å². The van der Waals surface area contributed by atoms with Gasteiger partial charge in [0.1, 0.15) is 0 Å². The highest BCUT2D eigenvalue weighted by Gasteiger charge is 2.50. The molecule has 120 valence electrons. The molecule has 0 spiro atoms. The topological polar surface area (TPSA) is 35.5 Å². The van der Waals surface area contributed by atoms with E-state index in [9.17, 15) is 4.79 Å². The van der Waals surface area contributed by atoms with Crippen molar-refractivity contribution in [1.29, 1.82) is 0 Å². The van der Waals surface area contributed by atoms with Crippen molar-refractivity contribution >= 4 is 14.3 Å². The number of ether oxygens (including phenoxy) is 1. The van der Waals surface area contributed by atoms with Gasteiger partial charge in [-0.15, -0.1) is 0 Å². The Labute approximate surface area is 130 Å². The lowest BCUT2D eigenvalue weighted by Crippen LogP contribution is -2.54. The predicted molar refractivity (Wildman–Crippen MR) is 87.5 cm³/mol. The van der Waals surface area contributed by atoms with Crippen molar-refractivity contribution in [1.82, 2.24) is 0 Å². The fourth-order valence-corrected chi connectivity index (χ4v) is 4.53. The molecule has 3 rings (SSSR count). The Morgan fingerprint density at radius 1 is 1.19 bits per heavy atom. The van der Waals surface area contributed by atoms with Gasteiger partial charge >= 0.3 is 5.97 Å². The molecule has 2 bridgehead atoms. The van der Waals surface area contributed by atoms with E-state index in [-0.39, 0.29) is 23.0 Å². The average Bonchev–Trinajstić information content (AvgIpc) is 2.38. The summed E-state index contributed by atoms with van der Waals surface area (Å²) in [5, 5.41) is 0.159. The van der Waals surface area contributed by atoms with Gasteiger partial charge in [-0.05, 0) is 43.8 Å². The first kappa shape index (κ1) is 16.8. The van der Waals surface area contributed by atoms with Crippen LogP contribution in [0.5, 0.6) is 0 Å². The van der Waals surface area contributed by atoms with Gasteiger partial charge < -0.3 is 9.16 Å². The molecule has 3 nitrogen and oxygen atoms in total.